The van der Waals surface area contributed by atoms with Crippen molar-refractivity contribution in [1.82, 2.24) is 4.90 Å². The number of halogens is 2. The summed E-state index contributed by atoms with van der Waals surface area (Å²) in [6.45, 7) is 0.167. The molecule has 1 amide bonds. The highest BCUT2D eigenvalue weighted by molar-refractivity contribution is 5.96. The summed E-state index contributed by atoms with van der Waals surface area (Å²) in [5, 5.41) is 9.48. The third-order valence-corrected chi connectivity index (χ3v) is 4.89. The smallest absolute Gasteiger partial charge is 0.313 e. The van der Waals surface area contributed by atoms with Crippen molar-refractivity contribution in [2.45, 2.75) is 6.42 Å². The fraction of sp³-hybridized carbons (Fsp3) is 0.300. The third kappa shape index (κ3) is 3.68. The molecule has 0 spiro atoms. The fourth-order valence-corrected chi connectivity index (χ4v) is 3.36. The molecule has 1 N–H and O–H groups in total. The van der Waals surface area contributed by atoms with Crippen LogP contribution < -0.4 is 0 Å². The maximum Gasteiger partial charge on any atom is 0.313 e. The first-order valence-corrected chi connectivity index (χ1v) is 8.43. The zero-order chi connectivity index (χ0) is 19.6. The molecule has 2 aromatic carbocycles. The summed E-state index contributed by atoms with van der Waals surface area (Å²) < 4.78 is 32.6. The van der Waals surface area contributed by atoms with E-state index in [2.05, 4.69) is 0 Å². The molecular weight excluding hydrogens is 356 g/mol. The van der Waals surface area contributed by atoms with Crippen molar-refractivity contribution in [2.24, 2.45) is 5.41 Å². The van der Waals surface area contributed by atoms with Crippen LogP contribution in [0.15, 0.2) is 42.5 Å². The number of rotatable bonds is 5. The van der Waals surface area contributed by atoms with Gasteiger partial charge >= 0.3 is 5.97 Å². The van der Waals surface area contributed by atoms with Crippen LogP contribution in [0.3, 0.4) is 0 Å². The van der Waals surface area contributed by atoms with E-state index in [1.54, 1.807) is 6.07 Å². The number of carboxylic acid groups (broad SMARTS) is 1. The topological polar surface area (TPSA) is 66.8 Å². The minimum Gasteiger partial charge on any atom is -0.481 e. The molecule has 5 nitrogen and oxygen atoms in total. The maximum absolute atomic E-state index is 14.6. The van der Waals surface area contributed by atoms with Gasteiger partial charge in [-0.1, -0.05) is 18.2 Å². The Morgan fingerprint density at radius 1 is 1.15 bits per heavy atom. The molecule has 0 bridgehead atoms. The van der Waals surface area contributed by atoms with Gasteiger partial charge in [0.15, 0.2) is 0 Å². The number of hydrogen-bond acceptors (Lipinski definition) is 3. The van der Waals surface area contributed by atoms with Gasteiger partial charge in [-0.25, -0.2) is 8.78 Å². The van der Waals surface area contributed by atoms with Gasteiger partial charge in [-0.2, -0.15) is 0 Å². The Kier molecular flexibility index (Phi) is 5.23. The number of hydrogen-bond donors (Lipinski definition) is 1. The van der Waals surface area contributed by atoms with E-state index in [0.29, 0.717) is 11.1 Å². The molecule has 2 aromatic rings. The Labute approximate surface area is 155 Å². The molecule has 1 atom stereocenters. The Bertz CT molecular complexity index is 869. The molecule has 0 radical (unpaired) electrons. The molecule has 0 aliphatic carbocycles. The van der Waals surface area contributed by atoms with Crippen molar-refractivity contribution in [2.75, 3.05) is 26.8 Å². The first-order chi connectivity index (χ1) is 12.9. The summed E-state index contributed by atoms with van der Waals surface area (Å²) in [6.07, 6.45) is 0.247. The Morgan fingerprint density at radius 2 is 1.81 bits per heavy atom. The number of nitrogens with zero attached hydrogens (tertiary/aromatic N) is 1. The van der Waals surface area contributed by atoms with Gasteiger partial charge in [0.05, 0.1) is 12.2 Å². The van der Waals surface area contributed by atoms with Crippen LogP contribution in [0, 0.1) is 17.0 Å². The number of benzene rings is 2. The molecule has 1 aliphatic rings. The molecule has 1 fully saturated rings. The minimum atomic E-state index is -1.17. The Balaban J connectivity index is 1.81. The normalized spacial score (nSPS) is 19.3. The van der Waals surface area contributed by atoms with Gasteiger partial charge in [0.1, 0.15) is 17.0 Å². The van der Waals surface area contributed by atoms with Gasteiger partial charge in [0.2, 0.25) is 0 Å². The molecule has 0 aromatic heterocycles. The average molecular weight is 375 g/mol. The highest BCUT2D eigenvalue weighted by atomic mass is 19.1. The van der Waals surface area contributed by atoms with Crippen LogP contribution in [-0.4, -0.2) is 48.7 Å². The average Bonchev–Trinajstić information content (AvgIpc) is 3.08. The van der Waals surface area contributed by atoms with Gasteiger partial charge < -0.3 is 14.7 Å². The van der Waals surface area contributed by atoms with Crippen LogP contribution in [0.1, 0.15) is 16.8 Å². The lowest BCUT2D eigenvalue weighted by molar-refractivity contribution is -0.151. The third-order valence-electron chi connectivity index (χ3n) is 4.89. The monoisotopic (exact) mass is 375 g/mol. The van der Waals surface area contributed by atoms with Gasteiger partial charge in [-0.15, -0.1) is 0 Å². The molecule has 3 rings (SSSR count). The van der Waals surface area contributed by atoms with E-state index < -0.39 is 28.9 Å². The number of carbonyl (C=O) groups excluding carboxylic acids is 1. The molecule has 7 heteroatoms. The Morgan fingerprint density at radius 3 is 2.41 bits per heavy atom. The predicted octanol–water partition coefficient (Wildman–Crippen LogP) is 3.20. The lowest BCUT2D eigenvalue weighted by Crippen LogP contribution is -2.40. The lowest BCUT2D eigenvalue weighted by Gasteiger charge is -2.24. The number of ether oxygens (including phenoxy) is 1. The molecule has 1 unspecified atom stereocenters. The second-order valence-corrected chi connectivity index (χ2v) is 6.70. The summed E-state index contributed by atoms with van der Waals surface area (Å²) in [5.74, 6) is -2.69. The zero-order valence-corrected chi connectivity index (χ0v) is 14.7. The standard InChI is InChI=1S/C20H19F2NO4/c1-27-12-20(19(25)26)8-9-23(11-20)18(24)16-7-4-14(10-17(16)22)13-2-5-15(21)6-3-13/h2-7,10H,8-9,11-12H2,1H3,(H,25,26). The van der Waals surface area contributed by atoms with Gasteiger partial charge in [0.25, 0.3) is 5.91 Å². The van der Waals surface area contributed by atoms with E-state index >= 15 is 0 Å². The van der Waals surface area contributed by atoms with Gasteiger partial charge in [-0.05, 0) is 41.8 Å². The first-order valence-electron chi connectivity index (χ1n) is 8.43. The van der Waals surface area contributed by atoms with Gasteiger partial charge in [-0.3, -0.25) is 9.59 Å². The lowest BCUT2D eigenvalue weighted by atomic mass is 9.88. The molecule has 27 heavy (non-hydrogen) atoms. The number of likely N-dealkylation sites (tertiary alicyclic amines) is 1. The van der Waals surface area contributed by atoms with Crippen LogP contribution in [0.25, 0.3) is 11.1 Å². The maximum atomic E-state index is 14.6. The van der Waals surface area contributed by atoms with Crippen LogP contribution in [0.5, 0.6) is 0 Å². The summed E-state index contributed by atoms with van der Waals surface area (Å²) in [6, 6.07) is 9.77. The van der Waals surface area contributed by atoms with E-state index in [9.17, 15) is 23.5 Å². The van der Waals surface area contributed by atoms with Crippen LogP contribution in [-0.2, 0) is 9.53 Å². The molecule has 1 aliphatic heterocycles. The van der Waals surface area contributed by atoms with Crippen molar-refractivity contribution >= 4 is 11.9 Å². The minimum absolute atomic E-state index is 0.0158. The number of aliphatic carboxylic acids is 1. The van der Waals surface area contributed by atoms with Crippen molar-refractivity contribution < 1.29 is 28.2 Å². The fourth-order valence-electron chi connectivity index (χ4n) is 3.36. The second kappa shape index (κ2) is 7.44. The Hall–Kier alpha value is -2.80. The number of carbonyl (C=O) groups is 2. The SMILES string of the molecule is COCC1(C(=O)O)CCN(C(=O)c2ccc(-c3ccc(F)cc3)cc2F)C1. The van der Waals surface area contributed by atoms with Crippen LogP contribution in [0.2, 0.25) is 0 Å². The first kappa shape index (κ1) is 19.0. The largest absolute Gasteiger partial charge is 0.481 e. The van der Waals surface area contributed by atoms with E-state index in [-0.39, 0.29) is 31.7 Å². The molecular formula is C20H19F2NO4. The van der Waals surface area contributed by atoms with Crippen LogP contribution in [0.4, 0.5) is 8.78 Å². The highest BCUT2D eigenvalue weighted by Crippen LogP contribution is 2.33. The van der Waals surface area contributed by atoms with Gasteiger partial charge in [0, 0.05) is 20.2 Å². The summed E-state index contributed by atoms with van der Waals surface area (Å²) in [5.41, 5.74) is -0.153. The van der Waals surface area contributed by atoms with Crippen molar-refractivity contribution in [3.05, 3.63) is 59.7 Å². The summed E-state index contributed by atoms with van der Waals surface area (Å²) in [4.78, 5) is 25.6. The summed E-state index contributed by atoms with van der Waals surface area (Å²) in [7, 11) is 1.41. The number of carboxylic acids is 1. The van der Waals surface area contributed by atoms with Crippen molar-refractivity contribution in [1.29, 1.82) is 0 Å². The van der Waals surface area contributed by atoms with E-state index in [1.165, 1.54) is 48.4 Å². The second-order valence-electron chi connectivity index (χ2n) is 6.70. The molecule has 1 heterocycles. The van der Waals surface area contributed by atoms with Crippen LogP contribution >= 0.6 is 0 Å². The molecule has 142 valence electrons. The molecule has 0 saturated carbocycles. The number of amides is 1. The predicted molar refractivity (Wildman–Crippen MR) is 94.3 cm³/mol. The van der Waals surface area contributed by atoms with E-state index in [1.807, 2.05) is 0 Å². The zero-order valence-electron chi connectivity index (χ0n) is 14.7. The highest BCUT2D eigenvalue weighted by Gasteiger charge is 2.46. The van der Waals surface area contributed by atoms with Crippen molar-refractivity contribution in [3.8, 4) is 11.1 Å². The molecule has 1 saturated heterocycles. The van der Waals surface area contributed by atoms with E-state index in [4.69, 9.17) is 4.74 Å². The van der Waals surface area contributed by atoms with E-state index in [0.717, 1.165) is 0 Å². The quantitative estimate of drug-likeness (QED) is 0.872. The van der Waals surface area contributed by atoms with Crippen molar-refractivity contribution in [3.63, 3.8) is 0 Å². The summed E-state index contributed by atoms with van der Waals surface area (Å²) >= 11 is 0. The number of methoxy groups -OCH3 is 1.